The Morgan fingerprint density at radius 3 is 2.81 bits per heavy atom. The monoisotopic (exact) mass is 351 g/mol. The molecule has 0 saturated heterocycles. The van der Waals surface area contributed by atoms with Gasteiger partial charge in [0.05, 0.1) is 0 Å². The van der Waals surface area contributed by atoms with Crippen LogP contribution < -0.4 is 10.6 Å². The number of benzene rings is 2. The molecule has 26 heavy (non-hydrogen) atoms. The highest BCUT2D eigenvalue weighted by Gasteiger charge is 2.26. The number of nitrogens with one attached hydrogen (secondary N) is 2. The van der Waals surface area contributed by atoms with Gasteiger partial charge in [0.25, 0.3) is 0 Å². The van der Waals surface area contributed by atoms with Crippen molar-refractivity contribution in [2.24, 2.45) is 5.92 Å². The number of rotatable bonds is 6. The van der Waals surface area contributed by atoms with Crippen molar-refractivity contribution in [1.29, 1.82) is 0 Å². The highest BCUT2D eigenvalue weighted by molar-refractivity contribution is 5.96. The van der Waals surface area contributed by atoms with Crippen LogP contribution in [0.25, 0.3) is 0 Å². The molecular formula is C21H25N3O2. The second-order valence-electron chi connectivity index (χ2n) is 7.07. The molecule has 1 atom stereocenters. The lowest BCUT2D eigenvalue weighted by Gasteiger charge is -2.24. The van der Waals surface area contributed by atoms with Crippen LogP contribution in [0.1, 0.15) is 24.0 Å². The van der Waals surface area contributed by atoms with Crippen LogP contribution in [0, 0.1) is 5.92 Å². The Hall–Kier alpha value is -2.66. The molecule has 1 heterocycles. The minimum Gasteiger partial charge on any atom is -0.326 e. The van der Waals surface area contributed by atoms with E-state index in [1.807, 2.05) is 62.6 Å². The molecule has 5 heteroatoms. The molecule has 2 N–H and O–H groups in total. The molecule has 0 saturated carbocycles. The van der Waals surface area contributed by atoms with Gasteiger partial charge in [0.2, 0.25) is 11.8 Å². The van der Waals surface area contributed by atoms with Gasteiger partial charge in [-0.3, -0.25) is 9.59 Å². The average molecular weight is 351 g/mol. The van der Waals surface area contributed by atoms with Gasteiger partial charge < -0.3 is 15.5 Å². The fourth-order valence-corrected chi connectivity index (χ4v) is 3.29. The van der Waals surface area contributed by atoms with Crippen molar-refractivity contribution in [3.05, 3.63) is 59.7 Å². The summed E-state index contributed by atoms with van der Waals surface area (Å²) in [6, 6.07) is 15.7. The number of nitrogens with zero attached hydrogens (tertiary/aromatic N) is 1. The highest BCUT2D eigenvalue weighted by atomic mass is 16.2. The quantitative estimate of drug-likeness (QED) is 0.840. The Labute approximate surface area is 154 Å². The number of anilines is 2. The van der Waals surface area contributed by atoms with Crippen LogP contribution in [-0.2, 0) is 22.6 Å². The minimum atomic E-state index is -0.157. The fourth-order valence-electron chi connectivity index (χ4n) is 3.29. The predicted molar refractivity (Wildman–Crippen MR) is 104 cm³/mol. The Bertz CT molecular complexity index is 801. The molecule has 0 radical (unpaired) electrons. The summed E-state index contributed by atoms with van der Waals surface area (Å²) in [6.07, 6.45) is 1.56. The third-order valence-corrected chi connectivity index (χ3v) is 4.54. The number of hydrogen-bond acceptors (Lipinski definition) is 3. The van der Waals surface area contributed by atoms with E-state index in [4.69, 9.17) is 0 Å². The molecule has 0 aromatic heterocycles. The van der Waals surface area contributed by atoms with E-state index in [-0.39, 0.29) is 17.7 Å². The standard InChI is InChI=1S/C21H25N3O2/c1-24(2)14-15-6-5-8-18(12-15)22-20(25)11-10-17-13-16-7-3-4-9-19(16)23-21(17)26/h3-9,12,17H,10-11,13-14H2,1-2H3,(H,22,25)(H,23,26). The van der Waals surface area contributed by atoms with Crippen molar-refractivity contribution in [1.82, 2.24) is 4.90 Å². The van der Waals surface area contributed by atoms with Crippen molar-refractivity contribution in [2.75, 3.05) is 24.7 Å². The van der Waals surface area contributed by atoms with Gasteiger partial charge in [0.1, 0.15) is 0 Å². The lowest BCUT2D eigenvalue weighted by atomic mass is 9.89. The summed E-state index contributed by atoms with van der Waals surface area (Å²) in [5, 5.41) is 5.87. The van der Waals surface area contributed by atoms with E-state index in [1.165, 1.54) is 0 Å². The van der Waals surface area contributed by atoms with E-state index < -0.39 is 0 Å². The van der Waals surface area contributed by atoms with Crippen LogP contribution in [0.2, 0.25) is 0 Å². The second-order valence-corrected chi connectivity index (χ2v) is 7.07. The van der Waals surface area contributed by atoms with Crippen molar-refractivity contribution in [3.63, 3.8) is 0 Å². The Morgan fingerprint density at radius 1 is 1.19 bits per heavy atom. The van der Waals surface area contributed by atoms with Gasteiger partial charge in [-0.05, 0) is 56.3 Å². The topological polar surface area (TPSA) is 61.4 Å². The first-order chi connectivity index (χ1) is 12.5. The van der Waals surface area contributed by atoms with Gasteiger partial charge in [0.15, 0.2) is 0 Å². The number of hydrogen-bond donors (Lipinski definition) is 2. The number of fused-ring (bicyclic) bond motifs is 1. The normalized spacial score (nSPS) is 16.1. The van der Waals surface area contributed by atoms with E-state index in [0.29, 0.717) is 19.3 Å². The first kappa shape index (κ1) is 18.1. The molecular weight excluding hydrogens is 326 g/mol. The van der Waals surface area contributed by atoms with Crippen LogP contribution in [0.15, 0.2) is 48.5 Å². The number of carbonyl (C=O) groups excluding carboxylic acids is 2. The number of amides is 2. The van der Waals surface area contributed by atoms with Gasteiger partial charge in [0, 0.05) is 30.3 Å². The molecule has 5 nitrogen and oxygen atoms in total. The first-order valence-electron chi connectivity index (χ1n) is 8.93. The molecule has 3 rings (SSSR count). The molecule has 0 aliphatic carbocycles. The Balaban J connectivity index is 1.54. The first-order valence-corrected chi connectivity index (χ1v) is 8.93. The summed E-state index contributed by atoms with van der Waals surface area (Å²) in [6.45, 7) is 0.825. The molecule has 136 valence electrons. The zero-order valence-corrected chi connectivity index (χ0v) is 15.3. The SMILES string of the molecule is CN(C)Cc1cccc(NC(=O)CCC2Cc3ccccc3NC2=O)c1. The van der Waals surface area contributed by atoms with Crippen molar-refractivity contribution in [2.45, 2.75) is 25.8 Å². The Kier molecular flexibility index (Phi) is 5.68. The second kappa shape index (κ2) is 8.15. The molecule has 0 bridgehead atoms. The zero-order valence-electron chi connectivity index (χ0n) is 15.3. The van der Waals surface area contributed by atoms with E-state index in [2.05, 4.69) is 15.5 Å². The van der Waals surface area contributed by atoms with Crippen LogP contribution in [0.5, 0.6) is 0 Å². The minimum absolute atomic E-state index is 0.00415. The van der Waals surface area contributed by atoms with Gasteiger partial charge in [-0.25, -0.2) is 0 Å². The maximum Gasteiger partial charge on any atom is 0.227 e. The van der Waals surface area contributed by atoms with Crippen molar-refractivity contribution < 1.29 is 9.59 Å². The molecule has 1 aliphatic heterocycles. The van der Waals surface area contributed by atoms with Crippen LogP contribution in [-0.4, -0.2) is 30.8 Å². The Morgan fingerprint density at radius 2 is 2.00 bits per heavy atom. The van der Waals surface area contributed by atoms with E-state index in [1.54, 1.807) is 0 Å². The summed E-state index contributed by atoms with van der Waals surface area (Å²) in [7, 11) is 4.03. The molecule has 2 amide bonds. The molecule has 2 aromatic carbocycles. The van der Waals surface area contributed by atoms with Crippen LogP contribution in [0.3, 0.4) is 0 Å². The van der Waals surface area contributed by atoms with Gasteiger partial charge in [-0.15, -0.1) is 0 Å². The maximum atomic E-state index is 12.3. The summed E-state index contributed by atoms with van der Waals surface area (Å²) in [4.78, 5) is 26.6. The van der Waals surface area contributed by atoms with Gasteiger partial charge >= 0.3 is 0 Å². The summed E-state index contributed by atoms with van der Waals surface area (Å²) >= 11 is 0. The van der Waals surface area contributed by atoms with E-state index >= 15 is 0 Å². The number of carbonyl (C=O) groups is 2. The molecule has 2 aromatic rings. The number of para-hydroxylation sites is 1. The summed E-state index contributed by atoms with van der Waals surface area (Å²) < 4.78 is 0. The zero-order chi connectivity index (χ0) is 18.5. The average Bonchev–Trinajstić information content (AvgIpc) is 2.59. The lowest BCUT2D eigenvalue weighted by Crippen LogP contribution is -2.30. The molecule has 0 fully saturated rings. The third-order valence-electron chi connectivity index (χ3n) is 4.54. The van der Waals surface area contributed by atoms with Crippen LogP contribution in [0.4, 0.5) is 11.4 Å². The predicted octanol–water partition coefficient (Wildman–Crippen LogP) is 3.28. The van der Waals surface area contributed by atoms with Crippen molar-refractivity contribution in [3.8, 4) is 0 Å². The van der Waals surface area contributed by atoms with Gasteiger partial charge in [-0.2, -0.15) is 0 Å². The largest absolute Gasteiger partial charge is 0.326 e. The highest BCUT2D eigenvalue weighted by Crippen LogP contribution is 2.27. The van der Waals surface area contributed by atoms with Crippen LogP contribution >= 0.6 is 0 Å². The van der Waals surface area contributed by atoms with Crippen molar-refractivity contribution >= 4 is 23.2 Å². The van der Waals surface area contributed by atoms with E-state index in [9.17, 15) is 9.59 Å². The lowest BCUT2D eigenvalue weighted by molar-refractivity contribution is -0.121. The third kappa shape index (κ3) is 4.70. The summed E-state index contributed by atoms with van der Waals surface area (Å²) in [5.74, 6) is -0.209. The maximum absolute atomic E-state index is 12.3. The van der Waals surface area contributed by atoms with E-state index in [0.717, 1.165) is 29.0 Å². The summed E-state index contributed by atoms with van der Waals surface area (Å²) in [5.41, 5.74) is 3.97. The van der Waals surface area contributed by atoms with Gasteiger partial charge in [-0.1, -0.05) is 30.3 Å². The molecule has 1 aliphatic rings. The molecule has 0 spiro atoms. The molecule has 1 unspecified atom stereocenters. The fraction of sp³-hybridized carbons (Fsp3) is 0.333. The smallest absolute Gasteiger partial charge is 0.227 e.